The molecule has 24 heavy (non-hydrogen) atoms. The molecule has 1 atom stereocenters. The number of aliphatic hydroxyl groups is 1. The molecule has 3 heterocycles. The van der Waals surface area contributed by atoms with Gasteiger partial charge in [-0.2, -0.15) is 5.10 Å². The van der Waals surface area contributed by atoms with Gasteiger partial charge in [0, 0.05) is 50.0 Å². The van der Waals surface area contributed by atoms with E-state index < -0.39 is 6.23 Å². The molecule has 0 bridgehead atoms. The van der Waals surface area contributed by atoms with E-state index in [1.165, 1.54) is 5.69 Å². The summed E-state index contributed by atoms with van der Waals surface area (Å²) in [4.78, 5) is 4.17. The van der Waals surface area contributed by atoms with Gasteiger partial charge in [-0.25, -0.2) is 0 Å². The molecular weight excluding hydrogens is 374 g/mol. The van der Waals surface area contributed by atoms with Crippen LogP contribution in [-0.4, -0.2) is 64.8 Å². The smallest absolute Gasteiger partial charge is 0.167 e. The molecular formula is C16H24BrN5O2. The highest BCUT2D eigenvalue weighted by Crippen LogP contribution is 2.28. The zero-order valence-electron chi connectivity index (χ0n) is 14.3. The summed E-state index contributed by atoms with van der Waals surface area (Å²) in [5.74, 6) is 0.761. The van der Waals surface area contributed by atoms with E-state index in [-0.39, 0.29) is 0 Å². The maximum Gasteiger partial charge on any atom is 0.167 e. The van der Waals surface area contributed by atoms with Crippen LogP contribution in [0, 0.1) is 0 Å². The van der Waals surface area contributed by atoms with Crippen LogP contribution < -0.4 is 5.32 Å². The number of hydrogen-bond acceptors (Lipinski definition) is 6. The number of nitrogens with one attached hydrogen (secondary N) is 1. The molecule has 0 aromatic carbocycles. The first-order valence-corrected chi connectivity index (χ1v) is 8.83. The Hall–Kier alpha value is -1.35. The summed E-state index contributed by atoms with van der Waals surface area (Å²) in [5, 5.41) is 18.3. The summed E-state index contributed by atoms with van der Waals surface area (Å²) in [7, 11) is 3.59. The Bertz CT molecular complexity index is 669. The van der Waals surface area contributed by atoms with Crippen molar-refractivity contribution in [1.29, 1.82) is 0 Å². The van der Waals surface area contributed by atoms with Crippen molar-refractivity contribution < 1.29 is 9.84 Å². The third-order valence-electron chi connectivity index (χ3n) is 4.56. The third kappa shape index (κ3) is 3.51. The van der Waals surface area contributed by atoms with Gasteiger partial charge in [0.25, 0.3) is 0 Å². The molecule has 0 radical (unpaired) electrons. The number of nitrogens with zero attached hydrogens (tertiary/aromatic N) is 4. The predicted octanol–water partition coefficient (Wildman–Crippen LogP) is 1.53. The van der Waals surface area contributed by atoms with Crippen molar-refractivity contribution in [2.45, 2.75) is 26.2 Å². The average Bonchev–Trinajstić information content (AvgIpc) is 2.97. The number of hydrogen-bond donors (Lipinski definition) is 2. The number of allylic oxidation sites excluding steroid dienone is 3. The van der Waals surface area contributed by atoms with Crippen LogP contribution in [0.5, 0.6) is 0 Å². The summed E-state index contributed by atoms with van der Waals surface area (Å²) in [6.07, 6.45) is 1.20. The molecule has 1 unspecified atom stereocenters. The minimum atomic E-state index is -0.705. The van der Waals surface area contributed by atoms with Crippen molar-refractivity contribution >= 4 is 21.7 Å². The fraction of sp³-hybridized carbons (Fsp3) is 0.562. The molecule has 1 aromatic rings. The zero-order chi connectivity index (χ0) is 17.3. The molecule has 3 rings (SSSR count). The fourth-order valence-electron chi connectivity index (χ4n) is 2.92. The second-order valence-electron chi connectivity index (χ2n) is 6.16. The highest BCUT2D eigenvalue weighted by Gasteiger charge is 2.25. The standard InChI is InChI=1S/C16H24BrN5O2/c1-11-13(17)9-14(16(23)20(11)2)18-15-8-12-10-21(6-7-24-3)4-5-22(12)19-15/h8-9,16,23H,4-7,10H2,1-3H3,(H,18,19). The van der Waals surface area contributed by atoms with E-state index >= 15 is 0 Å². The molecule has 0 aliphatic carbocycles. The Labute approximate surface area is 150 Å². The van der Waals surface area contributed by atoms with E-state index in [0.29, 0.717) is 5.70 Å². The number of ether oxygens (including phenoxy) is 1. The fourth-order valence-corrected chi connectivity index (χ4v) is 3.44. The van der Waals surface area contributed by atoms with Gasteiger partial charge in [0.15, 0.2) is 12.0 Å². The molecule has 0 fully saturated rings. The predicted molar refractivity (Wildman–Crippen MR) is 96.5 cm³/mol. The van der Waals surface area contributed by atoms with Gasteiger partial charge in [0.1, 0.15) is 0 Å². The Morgan fingerprint density at radius 1 is 1.46 bits per heavy atom. The SMILES string of the molecule is COCCN1CCn2nc(NC3=CC(Br)=C(C)N(C)C3O)cc2C1. The van der Waals surface area contributed by atoms with Crippen molar-refractivity contribution in [3.63, 3.8) is 0 Å². The second-order valence-corrected chi connectivity index (χ2v) is 7.01. The topological polar surface area (TPSA) is 65.8 Å². The van der Waals surface area contributed by atoms with Crippen LogP contribution in [0.2, 0.25) is 0 Å². The summed E-state index contributed by atoms with van der Waals surface area (Å²) >= 11 is 3.53. The Kier molecular flexibility index (Phi) is 5.29. The first-order chi connectivity index (χ1) is 11.5. The lowest BCUT2D eigenvalue weighted by atomic mass is 10.2. The molecule has 0 saturated carbocycles. The molecule has 2 aliphatic heterocycles. The number of likely N-dealkylation sites (N-methyl/N-ethyl adjacent to an activating group) is 1. The van der Waals surface area contributed by atoms with Crippen LogP contribution in [0.15, 0.2) is 28.0 Å². The van der Waals surface area contributed by atoms with Crippen molar-refractivity contribution in [3.8, 4) is 0 Å². The molecule has 2 aliphatic rings. The van der Waals surface area contributed by atoms with Gasteiger partial charge in [-0.15, -0.1) is 0 Å². The Morgan fingerprint density at radius 2 is 2.25 bits per heavy atom. The summed E-state index contributed by atoms with van der Waals surface area (Å²) in [6.45, 7) is 6.33. The summed E-state index contributed by atoms with van der Waals surface area (Å²) in [6, 6.07) is 2.05. The molecule has 2 N–H and O–H groups in total. The first kappa shape index (κ1) is 17.5. The number of fused-ring (bicyclic) bond motifs is 1. The van der Waals surface area contributed by atoms with Crippen molar-refractivity contribution in [2.75, 3.05) is 39.2 Å². The quantitative estimate of drug-likeness (QED) is 0.785. The van der Waals surface area contributed by atoms with E-state index in [0.717, 1.165) is 48.8 Å². The van der Waals surface area contributed by atoms with Gasteiger partial charge in [-0.05, 0) is 28.9 Å². The van der Waals surface area contributed by atoms with Gasteiger partial charge in [0.2, 0.25) is 0 Å². The van der Waals surface area contributed by atoms with Crippen LogP contribution in [0.3, 0.4) is 0 Å². The van der Waals surface area contributed by atoms with E-state index in [1.807, 2.05) is 35.7 Å². The maximum absolute atomic E-state index is 10.4. The lowest BCUT2D eigenvalue weighted by Crippen LogP contribution is -2.37. The molecule has 0 saturated heterocycles. The average molecular weight is 398 g/mol. The number of aromatic nitrogens is 2. The van der Waals surface area contributed by atoms with E-state index in [9.17, 15) is 5.11 Å². The van der Waals surface area contributed by atoms with Crippen LogP contribution in [0.25, 0.3) is 0 Å². The Morgan fingerprint density at radius 3 is 3.00 bits per heavy atom. The van der Waals surface area contributed by atoms with Crippen LogP contribution in [0.1, 0.15) is 12.6 Å². The largest absolute Gasteiger partial charge is 0.383 e. The number of aliphatic hydroxyl groups excluding tert-OH is 1. The molecule has 132 valence electrons. The lowest BCUT2D eigenvalue weighted by Gasteiger charge is -2.32. The third-order valence-corrected chi connectivity index (χ3v) is 5.37. The van der Waals surface area contributed by atoms with E-state index in [2.05, 4.69) is 31.2 Å². The summed E-state index contributed by atoms with van der Waals surface area (Å²) < 4.78 is 8.13. The molecule has 1 aromatic heterocycles. The summed E-state index contributed by atoms with van der Waals surface area (Å²) in [5.41, 5.74) is 2.87. The van der Waals surface area contributed by atoms with Gasteiger partial charge in [0.05, 0.1) is 24.5 Å². The number of rotatable bonds is 5. The van der Waals surface area contributed by atoms with Crippen molar-refractivity contribution in [3.05, 3.63) is 33.7 Å². The van der Waals surface area contributed by atoms with Crippen LogP contribution in [0.4, 0.5) is 5.82 Å². The molecule has 7 nitrogen and oxygen atoms in total. The van der Waals surface area contributed by atoms with Gasteiger partial charge in [-0.3, -0.25) is 9.58 Å². The van der Waals surface area contributed by atoms with E-state index in [4.69, 9.17) is 4.74 Å². The van der Waals surface area contributed by atoms with Crippen molar-refractivity contribution in [1.82, 2.24) is 19.6 Å². The molecule has 8 heteroatoms. The minimum Gasteiger partial charge on any atom is -0.383 e. The first-order valence-electron chi connectivity index (χ1n) is 8.03. The van der Waals surface area contributed by atoms with Crippen LogP contribution >= 0.6 is 15.9 Å². The second kappa shape index (κ2) is 7.26. The highest BCUT2D eigenvalue weighted by molar-refractivity contribution is 9.11. The number of anilines is 1. The number of methoxy groups -OCH3 is 1. The normalized spacial score (nSPS) is 21.8. The van der Waals surface area contributed by atoms with Gasteiger partial charge in [-0.1, -0.05) is 0 Å². The van der Waals surface area contributed by atoms with Crippen LogP contribution in [-0.2, 0) is 17.8 Å². The lowest BCUT2D eigenvalue weighted by molar-refractivity contribution is 0.0768. The maximum atomic E-state index is 10.4. The molecule has 0 amide bonds. The van der Waals surface area contributed by atoms with Gasteiger partial charge >= 0.3 is 0 Å². The minimum absolute atomic E-state index is 0.705. The van der Waals surface area contributed by atoms with Crippen molar-refractivity contribution in [2.24, 2.45) is 0 Å². The zero-order valence-corrected chi connectivity index (χ0v) is 15.9. The monoisotopic (exact) mass is 397 g/mol. The highest BCUT2D eigenvalue weighted by atomic mass is 79.9. The van der Waals surface area contributed by atoms with Gasteiger partial charge < -0.3 is 20.1 Å². The molecule has 0 spiro atoms. The Balaban J connectivity index is 1.72. The van der Waals surface area contributed by atoms with E-state index in [1.54, 1.807) is 7.11 Å². The number of halogens is 1.